The van der Waals surface area contributed by atoms with Crippen molar-refractivity contribution < 1.29 is 0 Å². The van der Waals surface area contributed by atoms with Crippen molar-refractivity contribution >= 4 is 17.7 Å². The van der Waals surface area contributed by atoms with Gasteiger partial charge >= 0.3 is 0 Å². The highest BCUT2D eigenvalue weighted by molar-refractivity contribution is 6.30. The molecule has 158 valence electrons. The van der Waals surface area contributed by atoms with Crippen molar-refractivity contribution in [3.63, 3.8) is 0 Å². The lowest BCUT2D eigenvalue weighted by Crippen LogP contribution is -2.36. The summed E-state index contributed by atoms with van der Waals surface area (Å²) in [6, 6.07) is 26.3. The summed E-state index contributed by atoms with van der Waals surface area (Å²) in [6.45, 7) is 3.36. The minimum atomic E-state index is 0.467. The van der Waals surface area contributed by atoms with Gasteiger partial charge in [-0.2, -0.15) is 0 Å². The van der Waals surface area contributed by atoms with Crippen LogP contribution in [-0.2, 0) is 12.8 Å². The number of piperidine rings is 1. The Morgan fingerprint density at radius 2 is 1.52 bits per heavy atom. The number of hydrogen-bond donors (Lipinski definition) is 0. The minimum absolute atomic E-state index is 0.467. The van der Waals surface area contributed by atoms with Gasteiger partial charge in [0.15, 0.2) is 0 Å². The molecule has 0 spiro atoms. The molecule has 1 aliphatic heterocycles. The van der Waals surface area contributed by atoms with Crippen LogP contribution in [0, 0.1) is 5.92 Å². The number of benzene rings is 3. The fourth-order valence-corrected chi connectivity index (χ4v) is 5.64. The van der Waals surface area contributed by atoms with Gasteiger partial charge in [-0.1, -0.05) is 84.4 Å². The monoisotopic (exact) mass is 427 g/mol. The molecular weight excluding hydrogens is 398 g/mol. The second kappa shape index (κ2) is 9.42. The smallest absolute Gasteiger partial charge is 0.0409 e. The van der Waals surface area contributed by atoms with Crippen molar-refractivity contribution in [2.75, 3.05) is 19.6 Å². The molecule has 3 aromatic carbocycles. The summed E-state index contributed by atoms with van der Waals surface area (Å²) in [7, 11) is 0. The summed E-state index contributed by atoms with van der Waals surface area (Å²) < 4.78 is 0. The highest BCUT2D eigenvalue weighted by Crippen LogP contribution is 2.43. The predicted molar refractivity (Wildman–Crippen MR) is 132 cm³/mol. The maximum absolute atomic E-state index is 6.48. The van der Waals surface area contributed by atoms with E-state index in [2.05, 4.69) is 89.8 Å². The van der Waals surface area contributed by atoms with Gasteiger partial charge in [0, 0.05) is 17.5 Å². The lowest BCUT2D eigenvalue weighted by molar-refractivity contribution is 0.190. The molecule has 3 aromatic rings. The van der Waals surface area contributed by atoms with E-state index in [4.69, 9.17) is 11.6 Å². The molecule has 1 nitrogen and oxygen atoms in total. The lowest BCUT2D eigenvalue weighted by Gasteiger charge is -2.37. The van der Waals surface area contributed by atoms with Gasteiger partial charge in [0.25, 0.3) is 0 Å². The van der Waals surface area contributed by atoms with Crippen molar-refractivity contribution in [3.05, 3.63) is 112 Å². The van der Waals surface area contributed by atoms with Crippen LogP contribution in [0.15, 0.2) is 78.9 Å². The first-order valence-corrected chi connectivity index (χ1v) is 12.0. The van der Waals surface area contributed by atoms with Crippen LogP contribution in [0.1, 0.15) is 46.6 Å². The number of aryl methyl sites for hydroxylation is 2. The standard InChI is InChI=1S/C29H30ClN/c30-26-15-14-24-13-12-23-10-4-5-11-27(23)29(28(24)21-26)25-16-19-31(20-17-25)18-6-9-22-7-2-1-3-8-22/h1-11,14-15,21,25,29H,12-13,16-20H2. The number of hydrogen-bond acceptors (Lipinski definition) is 1. The van der Waals surface area contributed by atoms with Gasteiger partial charge < -0.3 is 0 Å². The molecule has 2 heteroatoms. The number of rotatable bonds is 4. The molecule has 1 fully saturated rings. The molecule has 0 saturated carbocycles. The van der Waals surface area contributed by atoms with E-state index in [1.54, 1.807) is 0 Å². The van der Waals surface area contributed by atoms with Crippen LogP contribution >= 0.6 is 11.6 Å². The molecule has 0 N–H and O–H groups in total. The lowest BCUT2D eigenvalue weighted by atomic mass is 9.74. The number of nitrogens with zero attached hydrogens (tertiary/aromatic N) is 1. The maximum atomic E-state index is 6.48. The molecule has 0 amide bonds. The molecule has 5 rings (SSSR count). The molecular formula is C29H30ClN. The zero-order chi connectivity index (χ0) is 21.0. The fraction of sp³-hybridized carbons (Fsp3) is 0.310. The molecule has 1 saturated heterocycles. The number of fused-ring (bicyclic) bond motifs is 2. The molecule has 0 radical (unpaired) electrons. The molecule has 0 aromatic heterocycles. The van der Waals surface area contributed by atoms with Crippen molar-refractivity contribution in [2.45, 2.75) is 31.6 Å². The highest BCUT2D eigenvalue weighted by atomic mass is 35.5. The Labute approximate surface area is 191 Å². The van der Waals surface area contributed by atoms with Crippen LogP contribution in [0.3, 0.4) is 0 Å². The third kappa shape index (κ3) is 4.63. The van der Waals surface area contributed by atoms with Crippen LogP contribution in [-0.4, -0.2) is 24.5 Å². The largest absolute Gasteiger partial charge is 0.300 e. The second-order valence-electron chi connectivity index (χ2n) is 8.97. The zero-order valence-electron chi connectivity index (χ0n) is 18.0. The molecule has 2 aliphatic rings. The quantitative estimate of drug-likeness (QED) is 0.433. The molecule has 1 aliphatic carbocycles. The summed E-state index contributed by atoms with van der Waals surface area (Å²) in [4.78, 5) is 2.59. The Hall–Kier alpha value is -2.35. The van der Waals surface area contributed by atoms with E-state index < -0.39 is 0 Å². The van der Waals surface area contributed by atoms with Crippen LogP contribution in [0.2, 0.25) is 5.02 Å². The topological polar surface area (TPSA) is 3.24 Å². The summed E-state index contributed by atoms with van der Waals surface area (Å²) in [5.41, 5.74) is 7.29. The molecule has 31 heavy (non-hydrogen) atoms. The summed E-state index contributed by atoms with van der Waals surface area (Å²) >= 11 is 6.48. The van der Waals surface area contributed by atoms with Crippen molar-refractivity contribution in [1.82, 2.24) is 4.90 Å². The maximum Gasteiger partial charge on any atom is 0.0409 e. The number of halogens is 1. The molecule has 1 atom stereocenters. The van der Waals surface area contributed by atoms with Crippen LogP contribution in [0.25, 0.3) is 6.08 Å². The molecule has 1 unspecified atom stereocenters. The first kappa shape index (κ1) is 20.5. The van der Waals surface area contributed by atoms with E-state index in [0.29, 0.717) is 11.8 Å². The second-order valence-corrected chi connectivity index (χ2v) is 9.41. The third-order valence-electron chi connectivity index (χ3n) is 7.07. The normalized spacial score (nSPS) is 19.7. The van der Waals surface area contributed by atoms with Crippen molar-refractivity contribution in [2.24, 2.45) is 5.92 Å². The fourth-order valence-electron chi connectivity index (χ4n) is 5.46. The van der Waals surface area contributed by atoms with Gasteiger partial charge in [-0.15, -0.1) is 0 Å². The van der Waals surface area contributed by atoms with Gasteiger partial charge in [-0.3, -0.25) is 4.90 Å². The van der Waals surface area contributed by atoms with Crippen LogP contribution < -0.4 is 0 Å². The van der Waals surface area contributed by atoms with E-state index in [0.717, 1.165) is 24.4 Å². The van der Waals surface area contributed by atoms with Gasteiger partial charge in [0.05, 0.1) is 0 Å². The average molecular weight is 428 g/mol. The SMILES string of the molecule is Clc1ccc2c(c1)C(C1CCN(CC=Cc3ccccc3)CC1)c1ccccc1CC2. The van der Waals surface area contributed by atoms with Crippen LogP contribution in [0.4, 0.5) is 0 Å². The van der Waals surface area contributed by atoms with Crippen molar-refractivity contribution in [1.29, 1.82) is 0 Å². The van der Waals surface area contributed by atoms with E-state index in [-0.39, 0.29) is 0 Å². The minimum Gasteiger partial charge on any atom is -0.300 e. The van der Waals surface area contributed by atoms with E-state index >= 15 is 0 Å². The number of likely N-dealkylation sites (tertiary alicyclic amines) is 1. The Morgan fingerprint density at radius 3 is 2.32 bits per heavy atom. The van der Waals surface area contributed by atoms with Gasteiger partial charge in [0.1, 0.15) is 0 Å². The summed E-state index contributed by atoms with van der Waals surface area (Å²) in [5, 5.41) is 0.867. The first-order valence-electron chi connectivity index (χ1n) is 11.6. The van der Waals surface area contributed by atoms with E-state index in [1.165, 1.54) is 53.7 Å². The first-order chi connectivity index (χ1) is 15.3. The predicted octanol–water partition coefficient (Wildman–Crippen LogP) is 7.00. The Bertz CT molecular complexity index is 1050. The van der Waals surface area contributed by atoms with Gasteiger partial charge in [0.2, 0.25) is 0 Å². The zero-order valence-corrected chi connectivity index (χ0v) is 18.8. The van der Waals surface area contributed by atoms with Gasteiger partial charge in [-0.05, 0) is 84.6 Å². The Morgan fingerprint density at radius 1 is 0.806 bits per heavy atom. The van der Waals surface area contributed by atoms with E-state index in [1.807, 2.05) is 0 Å². The summed E-state index contributed by atoms with van der Waals surface area (Å²) in [6.07, 6.45) is 9.28. The highest BCUT2D eigenvalue weighted by Gasteiger charge is 2.32. The van der Waals surface area contributed by atoms with E-state index in [9.17, 15) is 0 Å². The molecule has 0 bridgehead atoms. The van der Waals surface area contributed by atoms with Crippen LogP contribution in [0.5, 0.6) is 0 Å². The Balaban J connectivity index is 1.33. The average Bonchev–Trinajstić information content (AvgIpc) is 2.97. The summed E-state index contributed by atoms with van der Waals surface area (Å²) in [5.74, 6) is 1.14. The molecule has 1 heterocycles. The van der Waals surface area contributed by atoms with Crippen molar-refractivity contribution in [3.8, 4) is 0 Å². The van der Waals surface area contributed by atoms with Gasteiger partial charge in [-0.25, -0.2) is 0 Å². The Kier molecular flexibility index (Phi) is 6.25. The third-order valence-corrected chi connectivity index (χ3v) is 7.31.